The van der Waals surface area contributed by atoms with Crippen molar-refractivity contribution in [2.45, 2.75) is 78.2 Å². The molecule has 0 unspecified atom stereocenters. The van der Waals surface area contributed by atoms with E-state index in [1.54, 1.807) is 0 Å². The molecule has 31 heavy (non-hydrogen) atoms. The predicted octanol–water partition coefficient (Wildman–Crippen LogP) is 6.15. The smallest absolute Gasteiger partial charge is 0.0666 e. The zero-order valence-corrected chi connectivity index (χ0v) is 19.8. The molecule has 166 valence electrons. The van der Waals surface area contributed by atoms with Gasteiger partial charge in [-0.05, 0) is 123 Å². The molecule has 1 N–H and O–H groups in total. The Hall–Kier alpha value is -1.32. The molecule has 1 aromatic heterocycles. The van der Waals surface area contributed by atoms with Crippen molar-refractivity contribution in [3.05, 3.63) is 46.2 Å². The zero-order valence-electron chi connectivity index (χ0n) is 19.1. The summed E-state index contributed by atoms with van der Waals surface area (Å²) in [4.78, 5) is 0. The number of rotatable bonds is 1. The second-order valence-corrected chi connectivity index (χ2v) is 12.0. The molecule has 0 radical (unpaired) electrons. The third-order valence-corrected chi connectivity index (χ3v) is 10.7. The number of nitrogens with zero attached hydrogens (tertiary/aromatic N) is 2. The summed E-state index contributed by atoms with van der Waals surface area (Å²) in [6, 6.07) is 8.06. The second-order valence-electron chi connectivity index (χ2n) is 11.6. The predicted molar refractivity (Wildman–Crippen MR) is 125 cm³/mol. The first-order valence-electron chi connectivity index (χ1n) is 12.3. The van der Waals surface area contributed by atoms with Crippen molar-refractivity contribution in [3.8, 4) is 5.69 Å². The molecule has 0 saturated heterocycles. The van der Waals surface area contributed by atoms with Crippen LogP contribution >= 0.6 is 11.6 Å². The van der Waals surface area contributed by atoms with Crippen molar-refractivity contribution in [2.75, 3.05) is 0 Å². The van der Waals surface area contributed by atoms with Gasteiger partial charge in [0.2, 0.25) is 0 Å². The van der Waals surface area contributed by atoms with Gasteiger partial charge in [-0.1, -0.05) is 25.4 Å². The molecule has 4 heteroatoms. The summed E-state index contributed by atoms with van der Waals surface area (Å²) < 4.78 is 2.14. The molecule has 4 aliphatic rings. The van der Waals surface area contributed by atoms with Crippen LogP contribution in [0.4, 0.5) is 0 Å². The van der Waals surface area contributed by atoms with E-state index in [1.807, 2.05) is 12.1 Å². The molecule has 2 aromatic rings. The van der Waals surface area contributed by atoms with Crippen molar-refractivity contribution < 1.29 is 5.11 Å². The van der Waals surface area contributed by atoms with E-state index in [2.05, 4.69) is 37.6 Å². The third kappa shape index (κ3) is 2.78. The first kappa shape index (κ1) is 20.3. The molecule has 3 saturated carbocycles. The van der Waals surface area contributed by atoms with Gasteiger partial charge in [0, 0.05) is 10.7 Å². The van der Waals surface area contributed by atoms with Crippen molar-refractivity contribution in [1.82, 2.24) is 9.78 Å². The Kier molecular flexibility index (Phi) is 4.48. The van der Waals surface area contributed by atoms with E-state index in [4.69, 9.17) is 16.7 Å². The fourth-order valence-corrected chi connectivity index (χ4v) is 8.68. The van der Waals surface area contributed by atoms with Gasteiger partial charge in [0.05, 0.1) is 17.5 Å². The van der Waals surface area contributed by atoms with Crippen LogP contribution < -0.4 is 0 Å². The molecule has 0 spiro atoms. The minimum absolute atomic E-state index is 0.0817. The summed E-state index contributed by atoms with van der Waals surface area (Å²) in [6.45, 7) is 7.24. The lowest BCUT2D eigenvalue weighted by molar-refractivity contribution is -0.111. The summed E-state index contributed by atoms with van der Waals surface area (Å²) in [7, 11) is 0. The molecule has 3 nitrogen and oxygen atoms in total. The molecular formula is C27H35ClN2O. The molecule has 1 aromatic carbocycles. The van der Waals surface area contributed by atoms with Crippen molar-refractivity contribution in [2.24, 2.45) is 34.5 Å². The van der Waals surface area contributed by atoms with Crippen LogP contribution in [-0.2, 0) is 12.8 Å². The number of aliphatic hydroxyl groups excluding tert-OH is 1. The van der Waals surface area contributed by atoms with Crippen molar-refractivity contribution >= 4 is 11.6 Å². The molecule has 1 heterocycles. The van der Waals surface area contributed by atoms with Crippen LogP contribution in [0.3, 0.4) is 0 Å². The quantitative estimate of drug-likeness (QED) is 0.579. The van der Waals surface area contributed by atoms with Gasteiger partial charge in [-0.3, -0.25) is 0 Å². The lowest BCUT2D eigenvalue weighted by Crippen LogP contribution is -2.54. The zero-order chi connectivity index (χ0) is 21.5. The van der Waals surface area contributed by atoms with Crippen LogP contribution in [0.1, 0.15) is 69.3 Å². The lowest BCUT2D eigenvalue weighted by Gasteiger charge is -2.60. The van der Waals surface area contributed by atoms with Crippen LogP contribution in [0.2, 0.25) is 5.02 Å². The highest BCUT2D eigenvalue weighted by Crippen LogP contribution is 2.65. The van der Waals surface area contributed by atoms with Gasteiger partial charge in [-0.25, -0.2) is 4.68 Å². The van der Waals surface area contributed by atoms with E-state index >= 15 is 0 Å². The topological polar surface area (TPSA) is 38.0 Å². The second kappa shape index (κ2) is 6.84. The summed E-state index contributed by atoms with van der Waals surface area (Å²) in [5.41, 5.74) is 5.76. The standard InChI is InChI=1S/C27H35ClN2O/c1-16-21-15-27(3)17(14-24(21)29-30(16)19-7-5-18(28)6-8-19)4-9-20-22-10-11-25(31)26(22,2)13-12-23(20)27/h5-8,17,20,22-23,25,31H,4,9-15H2,1-3H3/t17-,20-,22-,23-,25-,26-,27-/m0/s1. The maximum Gasteiger partial charge on any atom is 0.0666 e. The Morgan fingerprint density at radius 3 is 2.52 bits per heavy atom. The highest BCUT2D eigenvalue weighted by atomic mass is 35.5. The van der Waals surface area contributed by atoms with Gasteiger partial charge in [0.25, 0.3) is 0 Å². The average molecular weight is 439 g/mol. The minimum atomic E-state index is -0.0817. The Morgan fingerprint density at radius 2 is 1.74 bits per heavy atom. The normalized spacial score (nSPS) is 41.3. The van der Waals surface area contributed by atoms with Crippen molar-refractivity contribution in [1.29, 1.82) is 0 Å². The highest BCUT2D eigenvalue weighted by Gasteiger charge is 2.60. The van der Waals surface area contributed by atoms with Crippen LogP contribution in [0.5, 0.6) is 0 Å². The maximum atomic E-state index is 10.7. The largest absolute Gasteiger partial charge is 0.393 e. The van der Waals surface area contributed by atoms with Gasteiger partial charge in [0.15, 0.2) is 0 Å². The highest BCUT2D eigenvalue weighted by molar-refractivity contribution is 6.30. The maximum absolute atomic E-state index is 10.7. The van der Waals surface area contributed by atoms with Gasteiger partial charge in [0.1, 0.15) is 0 Å². The number of benzene rings is 1. The molecule has 0 amide bonds. The molecule has 4 aliphatic carbocycles. The third-order valence-electron chi connectivity index (χ3n) is 10.4. The Bertz CT molecular complexity index is 1010. The van der Waals surface area contributed by atoms with E-state index < -0.39 is 0 Å². The van der Waals surface area contributed by atoms with E-state index in [0.29, 0.717) is 5.41 Å². The first-order valence-corrected chi connectivity index (χ1v) is 12.7. The molecular weight excluding hydrogens is 404 g/mol. The van der Waals surface area contributed by atoms with Crippen LogP contribution in [0, 0.1) is 41.4 Å². The van der Waals surface area contributed by atoms with E-state index in [1.165, 1.54) is 55.5 Å². The molecule has 6 rings (SSSR count). The number of aromatic nitrogens is 2. The van der Waals surface area contributed by atoms with Crippen LogP contribution in [-0.4, -0.2) is 21.0 Å². The monoisotopic (exact) mass is 438 g/mol. The Labute approximate surface area is 191 Å². The van der Waals surface area contributed by atoms with E-state index in [-0.39, 0.29) is 11.5 Å². The number of fused-ring (bicyclic) bond motifs is 6. The SMILES string of the molecule is Cc1c2c(nn1-c1ccc(Cl)cc1)C[C@@H]1CC[C@@H]3[C@H](CC[C@]4(C)[C@@H](O)CC[C@@H]34)[C@@]1(C)C2. The number of hydrogen-bond donors (Lipinski definition) is 1. The lowest BCUT2D eigenvalue weighted by atomic mass is 9.45. The summed E-state index contributed by atoms with van der Waals surface area (Å²) in [6.07, 6.45) is 9.64. The number of aliphatic hydroxyl groups is 1. The Morgan fingerprint density at radius 1 is 1.00 bits per heavy atom. The fraction of sp³-hybridized carbons (Fsp3) is 0.667. The first-order chi connectivity index (χ1) is 14.8. The fourth-order valence-electron chi connectivity index (χ4n) is 8.55. The summed E-state index contributed by atoms with van der Waals surface area (Å²) >= 11 is 6.12. The van der Waals surface area contributed by atoms with E-state index in [0.717, 1.165) is 47.2 Å². The number of halogens is 1. The van der Waals surface area contributed by atoms with Gasteiger partial charge < -0.3 is 5.11 Å². The van der Waals surface area contributed by atoms with Crippen LogP contribution in [0.15, 0.2) is 24.3 Å². The Balaban J connectivity index is 1.35. The minimum Gasteiger partial charge on any atom is -0.393 e. The van der Waals surface area contributed by atoms with Crippen LogP contribution in [0.25, 0.3) is 5.69 Å². The molecule has 7 atom stereocenters. The van der Waals surface area contributed by atoms with E-state index in [9.17, 15) is 5.11 Å². The molecule has 3 fully saturated rings. The summed E-state index contributed by atoms with van der Waals surface area (Å²) in [5.74, 6) is 3.05. The van der Waals surface area contributed by atoms with Gasteiger partial charge in [-0.15, -0.1) is 0 Å². The number of hydrogen-bond acceptors (Lipinski definition) is 2. The molecule has 0 aliphatic heterocycles. The average Bonchev–Trinajstić information content (AvgIpc) is 3.23. The van der Waals surface area contributed by atoms with Gasteiger partial charge >= 0.3 is 0 Å². The summed E-state index contributed by atoms with van der Waals surface area (Å²) in [5, 5.41) is 16.6. The van der Waals surface area contributed by atoms with Crippen molar-refractivity contribution in [3.63, 3.8) is 0 Å². The molecule has 0 bridgehead atoms. The van der Waals surface area contributed by atoms with Gasteiger partial charge in [-0.2, -0.15) is 5.10 Å².